The van der Waals surface area contributed by atoms with E-state index < -0.39 is 0 Å². The summed E-state index contributed by atoms with van der Waals surface area (Å²) in [5.41, 5.74) is 2.43. The minimum atomic E-state index is 0.0924. The summed E-state index contributed by atoms with van der Waals surface area (Å²) in [4.78, 5) is 0. The molecule has 5 unspecified atom stereocenters. The van der Waals surface area contributed by atoms with Crippen molar-refractivity contribution in [2.45, 2.75) is 117 Å². The molecule has 3 aliphatic carbocycles. The number of fused-ring (bicyclic) bond motifs is 3. The smallest absolute Gasteiger partial charge is 0.0524 e. The molecule has 0 bridgehead atoms. The predicted octanol–water partition coefficient (Wildman–Crippen LogP) is 6.24. The van der Waals surface area contributed by atoms with Gasteiger partial charge in [-0.1, -0.05) is 52.2 Å². The highest BCUT2D eigenvalue weighted by atomic mass is 16.3. The van der Waals surface area contributed by atoms with Gasteiger partial charge < -0.3 is 10.4 Å². The van der Waals surface area contributed by atoms with Crippen LogP contribution in [0.1, 0.15) is 106 Å². The molecule has 0 aromatic carbocycles. The molecule has 3 rings (SSSR count). The summed E-state index contributed by atoms with van der Waals surface area (Å²) in [6, 6.07) is 0.590. The van der Waals surface area contributed by atoms with Gasteiger partial charge in [0.2, 0.25) is 0 Å². The van der Waals surface area contributed by atoms with Crippen LogP contribution in [-0.4, -0.2) is 23.3 Å². The summed E-state index contributed by atoms with van der Waals surface area (Å²) in [5, 5.41) is 14.5. The first kappa shape index (κ1) is 21.4. The third kappa shape index (κ3) is 3.33. The second-order valence-electron chi connectivity index (χ2n) is 11.2. The van der Waals surface area contributed by atoms with Crippen molar-refractivity contribution >= 4 is 0 Å². The number of unbranched alkanes of at least 4 members (excludes halogenated alkanes) is 1. The summed E-state index contributed by atoms with van der Waals surface area (Å²) < 4.78 is 0. The van der Waals surface area contributed by atoms with Gasteiger partial charge in [0.1, 0.15) is 0 Å². The highest BCUT2D eigenvalue weighted by Gasteiger charge is 2.62. The molecule has 156 valence electrons. The van der Waals surface area contributed by atoms with Gasteiger partial charge in [0.15, 0.2) is 0 Å². The topological polar surface area (TPSA) is 32.3 Å². The van der Waals surface area contributed by atoms with Crippen molar-refractivity contribution in [3.63, 3.8) is 0 Å². The van der Waals surface area contributed by atoms with Crippen molar-refractivity contribution in [2.24, 2.45) is 22.2 Å². The number of aliphatic hydroxyl groups excluding tert-OH is 1. The molecular weight excluding hydrogens is 330 g/mol. The van der Waals surface area contributed by atoms with E-state index in [2.05, 4.69) is 52.9 Å². The highest BCUT2D eigenvalue weighted by molar-refractivity contribution is 5.32. The average molecular weight is 376 g/mol. The summed E-state index contributed by atoms with van der Waals surface area (Å²) in [6.45, 7) is 15.1. The van der Waals surface area contributed by atoms with Gasteiger partial charge in [-0.15, -0.1) is 0 Å². The van der Waals surface area contributed by atoms with Gasteiger partial charge in [-0.2, -0.15) is 0 Å². The fourth-order valence-electron chi connectivity index (χ4n) is 7.37. The summed E-state index contributed by atoms with van der Waals surface area (Å²) in [5.74, 6) is 0.693. The Morgan fingerprint density at radius 1 is 1.15 bits per heavy atom. The van der Waals surface area contributed by atoms with E-state index in [1.807, 2.05) is 0 Å². The van der Waals surface area contributed by atoms with Gasteiger partial charge in [-0.3, -0.25) is 0 Å². The summed E-state index contributed by atoms with van der Waals surface area (Å²) in [6.07, 6.45) is 15.0. The van der Waals surface area contributed by atoms with Crippen LogP contribution in [0.3, 0.4) is 0 Å². The van der Waals surface area contributed by atoms with Crippen LogP contribution in [-0.2, 0) is 0 Å². The Labute approximate surface area is 168 Å². The van der Waals surface area contributed by atoms with Crippen LogP contribution >= 0.6 is 0 Å². The molecule has 2 N–H and O–H groups in total. The molecule has 0 heterocycles. The van der Waals surface area contributed by atoms with E-state index in [1.54, 1.807) is 5.57 Å². The Morgan fingerprint density at radius 3 is 2.56 bits per heavy atom. The maximum Gasteiger partial charge on any atom is 0.0524 e. The van der Waals surface area contributed by atoms with E-state index in [0.717, 1.165) is 0 Å². The van der Waals surface area contributed by atoms with Crippen LogP contribution in [0.15, 0.2) is 11.6 Å². The van der Waals surface area contributed by atoms with E-state index in [9.17, 15) is 5.11 Å². The molecule has 2 saturated carbocycles. The third-order valence-corrected chi connectivity index (χ3v) is 9.37. The average Bonchev–Trinajstić information content (AvgIpc) is 2.64. The van der Waals surface area contributed by atoms with E-state index in [-0.39, 0.29) is 21.8 Å². The molecule has 0 aromatic heterocycles. The maximum atomic E-state index is 10.4. The molecule has 27 heavy (non-hydrogen) atoms. The molecule has 2 heteroatoms. The molecule has 0 spiro atoms. The Kier molecular flexibility index (Phi) is 5.92. The van der Waals surface area contributed by atoms with E-state index in [4.69, 9.17) is 0 Å². The maximum absolute atomic E-state index is 10.4. The standard InChI is InChI=1S/C25H45NO/c1-7-8-11-19(2)26-24(6)17-16-23(5)20(22(24,3)4)13-15-25(18-27)14-10-9-12-21(23)25/h12,19-20,26-27H,7-11,13-18H2,1-6H3. The van der Waals surface area contributed by atoms with Gasteiger partial charge in [-0.25, -0.2) is 0 Å². The molecule has 0 radical (unpaired) electrons. The fourth-order valence-corrected chi connectivity index (χ4v) is 7.37. The van der Waals surface area contributed by atoms with E-state index in [1.165, 1.54) is 64.2 Å². The molecule has 0 saturated heterocycles. The minimum absolute atomic E-state index is 0.0924. The van der Waals surface area contributed by atoms with Crippen LogP contribution in [0.5, 0.6) is 0 Å². The van der Waals surface area contributed by atoms with Gasteiger partial charge in [0.05, 0.1) is 6.61 Å². The van der Waals surface area contributed by atoms with Gasteiger partial charge in [0, 0.05) is 17.0 Å². The van der Waals surface area contributed by atoms with Crippen LogP contribution in [0.2, 0.25) is 0 Å². The molecule has 3 aliphatic rings. The predicted molar refractivity (Wildman–Crippen MR) is 116 cm³/mol. The Hall–Kier alpha value is -0.340. The monoisotopic (exact) mass is 375 g/mol. The van der Waals surface area contributed by atoms with Crippen molar-refractivity contribution in [1.29, 1.82) is 0 Å². The largest absolute Gasteiger partial charge is 0.395 e. The number of hydrogen-bond acceptors (Lipinski definition) is 2. The van der Waals surface area contributed by atoms with E-state index in [0.29, 0.717) is 18.6 Å². The second kappa shape index (κ2) is 7.48. The van der Waals surface area contributed by atoms with E-state index >= 15 is 0 Å². The molecule has 2 fully saturated rings. The summed E-state index contributed by atoms with van der Waals surface area (Å²) >= 11 is 0. The van der Waals surface area contributed by atoms with Crippen molar-refractivity contribution < 1.29 is 5.11 Å². The minimum Gasteiger partial charge on any atom is -0.395 e. The number of nitrogens with one attached hydrogen (secondary N) is 1. The van der Waals surface area contributed by atoms with Crippen LogP contribution < -0.4 is 5.32 Å². The lowest BCUT2D eigenvalue weighted by atomic mass is 9.41. The Balaban J connectivity index is 1.89. The van der Waals surface area contributed by atoms with Crippen LogP contribution in [0.4, 0.5) is 0 Å². The van der Waals surface area contributed by atoms with Crippen LogP contribution in [0, 0.1) is 22.2 Å². The van der Waals surface area contributed by atoms with Crippen molar-refractivity contribution in [2.75, 3.05) is 6.61 Å². The molecule has 2 nitrogen and oxygen atoms in total. The van der Waals surface area contributed by atoms with Gasteiger partial charge >= 0.3 is 0 Å². The Bertz CT molecular complexity index is 567. The van der Waals surface area contributed by atoms with Gasteiger partial charge in [0.25, 0.3) is 0 Å². The fraction of sp³-hybridized carbons (Fsp3) is 0.920. The first-order chi connectivity index (χ1) is 12.7. The SMILES string of the molecule is CCCCC(C)NC1(C)CCC2(C)C3=CCCCC3(CO)CCC2C1(C)C. The first-order valence-electron chi connectivity index (χ1n) is 11.7. The second-order valence-corrected chi connectivity index (χ2v) is 11.2. The van der Waals surface area contributed by atoms with Crippen LogP contribution in [0.25, 0.3) is 0 Å². The lowest BCUT2D eigenvalue weighted by Gasteiger charge is -2.66. The molecule has 5 atom stereocenters. The molecular formula is C25H45NO. The van der Waals surface area contributed by atoms with Crippen molar-refractivity contribution in [1.82, 2.24) is 5.32 Å². The highest BCUT2D eigenvalue weighted by Crippen LogP contribution is 2.67. The zero-order valence-corrected chi connectivity index (χ0v) is 19.0. The number of aliphatic hydroxyl groups is 1. The van der Waals surface area contributed by atoms with Gasteiger partial charge in [-0.05, 0) is 82.0 Å². The number of rotatable bonds is 6. The normalized spacial score (nSPS) is 42.0. The first-order valence-corrected chi connectivity index (χ1v) is 11.7. The molecule has 0 aromatic rings. The third-order valence-electron chi connectivity index (χ3n) is 9.37. The lowest BCUT2D eigenvalue weighted by Crippen LogP contribution is -2.66. The zero-order chi connectivity index (χ0) is 19.9. The molecule has 0 amide bonds. The lowest BCUT2D eigenvalue weighted by molar-refractivity contribution is -0.0993. The number of allylic oxidation sites excluding steroid dienone is 1. The molecule has 0 aliphatic heterocycles. The number of hydrogen-bond donors (Lipinski definition) is 2. The zero-order valence-electron chi connectivity index (χ0n) is 19.0. The quantitative estimate of drug-likeness (QED) is 0.539. The van der Waals surface area contributed by atoms with Crippen molar-refractivity contribution in [3.8, 4) is 0 Å². The summed E-state index contributed by atoms with van der Waals surface area (Å²) in [7, 11) is 0. The van der Waals surface area contributed by atoms with Crippen molar-refractivity contribution in [3.05, 3.63) is 11.6 Å². The Morgan fingerprint density at radius 2 is 1.89 bits per heavy atom.